The van der Waals surface area contributed by atoms with Crippen LogP contribution < -0.4 is 15.0 Å². The lowest BCUT2D eigenvalue weighted by atomic mass is 10.2. The fourth-order valence-electron chi connectivity index (χ4n) is 3.21. The van der Waals surface area contributed by atoms with Gasteiger partial charge in [-0.1, -0.05) is 6.07 Å². The second-order valence-electron chi connectivity index (χ2n) is 6.32. The quantitative estimate of drug-likeness (QED) is 0.396. The molecule has 1 saturated heterocycles. The van der Waals surface area contributed by atoms with Crippen LogP contribution in [0.4, 0.5) is 5.69 Å². The van der Waals surface area contributed by atoms with Crippen molar-refractivity contribution < 1.29 is 4.74 Å². The molecule has 1 aromatic heterocycles. The summed E-state index contributed by atoms with van der Waals surface area (Å²) < 4.78 is 5.34. The first-order valence-electron chi connectivity index (χ1n) is 8.88. The number of thiazole rings is 1. The molecule has 1 fully saturated rings. The van der Waals surface area contributed by atoms with Gasteiger partial charge in [-0.25, -0.2) is 4.98 Å². The number of benzene rings is 1. The number of nitrogens with one attached hydrogen (secondary N) is 1. The van der Waals surface area contributed by atoms with Crippen LogP contribution in [0.15, 0.2) is 29.3 Å². The van der Waals surface area contributed by atoms with Crippen LogP contribution in [-0.4, -0.2) is 56.2 Å². The standard InChI is InChI=1S/C19H27N5OS.HI/c1-14-18(26-15(2)22-14)13-21-19(20-3)24-10-8-23(9-11-24)16-6-5-7-17(12-16)25-4;/h5-7,12H,8-11,13H2,1-4H3,(H,20,21);1H. The summed E-state index contributed by atoms with van der Waals surface area (Å²) in [5, 5.41) is 4.60. The highest BCUT2D eigenvalue weighted by atomic mass is 127. The van der Waals surface area contributed by atoms with E-state index in [0.29, 0.717) is 0 Å². The Bertz CT molecular complexity index is 771. The van der Waals surface area contributed by atoms with E-state index in [0.717, 1.165) is 55.1 Å². The number of aliphatic imine (C=N–C) groups is 1. The SMILES string of the molecule is CN=C(NCc1sc(C)nc1C)N1CCN(c2cccc(OC)c2)CC1.I. The van der Waals surface area contributed by atoms with E-state index in [9.17, 15) is 0 Å². The third-order valence-corrected chi connectivity index (χ3v) is 5.69. The molecule has 0 atom stereocenters. The Labute approximate surface area is 182 Å². The van der Waals surface area contributed by atoms with E-state index >= 15 is 0 Å². The predicted octanol–water partition coefficient (Wildman–Crippen LogP) is 3.28. The van der Waals surface area contributed by atoms with Gasteiger partial charge in [-0.2, -0.15) is 0 Å². The molecular formula is C19H28IN5OS. The summed E-state index contributed by atoms with van der Waals surface area (Å²) in [6, 6.07) is 8.26. The lowest BCUT2D eigenvalue weighted by Crippen LogP contribution is -2.52. The molecule has 1 aromatic carbocycles. The van der Waals surface area contributed by atoms with Gasteiger partial charge in [0.2, 0.25) is 0 Å². The van der Waals surface area contributed by atoms with Crippen molar-refractivity contribution in [2.24, 2.45) is 4.99 Å². The molecule has 0 aliphatic carbocycles. The van der Waals surface area contributed by atoms with E-state index in [1.165, 1.54) is 10.6 Å². The molecule has 0 amide bonds. The summed E-state index contributed by atoms with van der Waals surface area (Å²) in [5.74, 6) is 1.86. The monoisotopic (exact) mass is 501 g/mol. The zero-order chi connectivity index (χ0) is 18.5. The lowest BCUT2D eigenvalue weighted by molar-refractivity contribution is 0.372. The van der Waals surface area contributed by atoms with E-state index in [1.807, 2.05) is 26.1 Å². The molecule has 0 unspecified atom stereocenters. The number of nitrogens with zero attached hydrogens (tertiary/aromatic N) is 4. The first-order valence-corrected chi connectivity index (χ1v) is 9.70. The fraction of sp³-hybridized carbons (Fsp3) is 0.474. The molecule has 0 spiro atoms. The van der Waals surface area contributed by atoms with E-state index in [2.05, 4.69) is 44.1 Å². The smallest absolute Gasteiger partial charge is 0.194 e. The van der Waals surface area contributed by atoms with Gasteiger partial charge >= 0.3 is 0 Å². The molecule has 8 heteroatoms. The van der Waals surface area contributed by atoms with Crippen molar-refractivity contribution >= 4 is 47.0 Å². The van der Waals surface area contributed by atoms with Gasteiger partial charge in [0, 0.05) is 49.9 Å². The van der Waals surface area contributed by atoms with E-state index in [4.69, 9.17) is 4.74 Å². The predicted molar refractivity (Wildman–Crippen MR) is 124 cm³/mol. The molecule has 1 N–H and O–H groups in total. The number of rotatable bonds is 4. The average Bonchev–Trinajstić information content (AvgIpc) is 3.00. The van der Waals surface area contributed by atoms with Gasteiger partial charge in [-0.15, -0.1) is 35.3 Å². The van der Waals surface area contributed by atoms with Gasteiger partial charge in [0.25, 0.3) is 0 Å². The number of halogens is 1. The van der Waals surface area contributed by atoms with Crippen molar-refractivity contribution in [2.45, 2.75) is 20.4 Å². The van der Waals surface area contributed by atoms with E-state index < -0.39 is 0 Å². The van der Waals surface area contributed by atoms with Gasteiger partial charge in [-0.05, 0) is 26.0 Å². The molecule has 0 bridgehead atoms. The number of guanidine groups is 1. The molecule has 148 valence electrons. The summed E-state index contributed by atoms with van der Waals surface area (Å²) in [6.07, 6.45) is 0. The normalized spacial score (nSPS) is 14.7. The molecule has 0 radical (unpaired) electrons. The van der Waals surface area contributed by atoms with Crippen LogP contribution in [0.25, 0.3) is 0 Å². The van der Waals surface area contributed by atoms with Crippen molar-refractivity contribution in [3.63, 3.8) is 0 Å². The maximum Gasteiger partial charge on any atom is 0.194 e. The van der Waals surface area contributed by atoms with Crippen LogP contribution in [-0.2, 0) is 6.54 Å². The summed E-state index contributed by atoms with van der Waals surface area (Å²) >= 11 is 1.75. The largest absolute Gasteiger partial charge is 0.497 e. The lowest BCUT2D eigenvalue weighted by Gasteiger charge is -2.37. The molecule has 1 aliphatic heterocycles. The highest BCUT2D eigenvalue weighted by Gasteiger charge is 2.20. The highest BCUT2D eigenvalue weighted by Crippen LogP contribution is 2.22. The number of piperazine rings is 1. The van der Waals surface area contributed by atoms with Gasteiger partial charge in [-0.3, -0.25) is 4.99 Å². The number of aromatic nitrogens is 1. The Kier molecular flexibility index (Phi) is 8.15. The molecule has 0 saturated carbocycles. The first kappa shape index (κ1) is 21.7. The molecule has 3 rings (SSSR count). The third-order valence-electron chi connectivity index (χ3n) is 4.62. The van der Waals surface area contributed by atoms with Crippen LogP contribution in [0.1, 0.15) is 15.6 Å². The van der Waals surface area contributed by atoms with Crippen LogP contribution in [0.3, 0.4) is 0 Å². The number of ether oxygens (including phenoxy) is 1. The Morgan fingerprint density at radius 2 is 2.00 bits per heavy atom. The Balaban J connectivity index is 0.00000261. The molecule has 1 aliphatic rings. The van der Waals surface area contributed by atoms with Gasteiger partial charge < -0.3 is 19.9 Å². The van der Waals surface area contributed by atoms with Crippen molar-refractivity contribution in [1.82, 2.24) is 15.2 Å². The van der Waals surface area contributed by atoms with Gasteiger partial charge in [0.05, 0.1) is 24.4 Å². The van der Waals surface area contributed by atoms with Crippen molar-refractivity contribution in [2.75, 3.05) is 45.2 Å². The zero-order valence-electron chi connectivity index (χ0n) is 16.4. The van der Waals surface area contributed by atoms with Crippen LogP contribution in [0, 0.1) is 13.8 Å². The molecule has 27 heavy (non-hydrogen) atoms. The summed E-state index contributed by atoms with van der Waals surface area (Å²) in [4.78, 5) is 14.9. The number of anilines is 1. The summed E-state index contributed by atoms with van der Waals surface area (Å²) in [6.45, 7) is 8.71. The Morgan fingerprint density at radius 3 is 2.59 bits per heavy atom. The average molecular weight is 501 g/mol. The van der Waals surface area contributed by atoms with Gasteiger partial charge in [0.1, 0.15) is 5.75 Å². The zero-order valence-corrected chi connectivity index (χ0v) is 19.5. The number of aryl methyl sites for hydroxylation is 2. The number of hydrogen-bond donors (Lipinski definition) is 1. The van der Waals surface area contributed by atoms with Crippen LogP contribution >= 0.6 is 35.3 Å². The maximum atomic E-state index is 5.34. The minimum atomic E-state index is 0. The topological polar surface area (TPSA) is 53.0 Å². The minimum Gasteiger partial charge on any atom is -0.497 e. The minimum absolute atomic E-state index is 0. The van der Waals surface area contributed by atoms with Crippen molar-refractivity contribution in [1.29, 1.82) is 0 Å². The third kappa shape index (κ3) is 5.47. The summed E-state index contributed by atoms with van der Waals surface area (Å²) in [7, 11) is 3.56. The maximum absolute atomic E-state index is 5.34. The molecule has 2 heterocycles. The van der Waals surface area contributed by atoms with Crippen LogP contribution in [0.2, 0.25) is 0 Å². The Morgan fingerprint density at radius 1 is 1.26 bits per heavy atom. The number of methoxy groups -OCH3 is 1. The summed E-state index contributed by atoms with van der Waals surface area (Å²) in [5.41, 5.74) is 2.32. The Hall–Kier alpha value is -1.55. The fourth-order valence-corrected chi connectivity index (χ4v) is 4.09. The van der Waals surface area contributed by atoms with Crippen molar-refractivity contribution in [3.8, 4) is 5.75 Å². The van der Waals surface area contributed by atoms with Crippen molar-refractivity contribution in [3.05, 3.63) is 39.8 Å². The first-order chi connectivity index (χ1) is 12.6. The number of hydrogen-bond acceptors (Lipinski definition) is 5. The highest BCUT2D eigenvalue weighted by molar-refractivity contribution is 14.0. The molecule has 6 nitrogen and oxygen atoms in total. The second kappa shape index (κ2) is 10.1. The van der Waals surface area contributed by atoms with E-state index in [1.54, 1.807) is 18.4 Å². The van der Waals surface area contributed by atoms with Gasteiger partial charge in [0.15, 0.2) is 5.96 Å². The molecule has 2 aromatic rings. The van der Waals surface area contributed by atoms with Crippen LogP contribution in [0.5, 0.6) is 5.75 Å². The second-order valence-corrected chi connectivity index (χ2v) is 7.61. The van der Waals surface area contributed by atoms with E-state index in [-0.39, 0.29) is 24.0 Å². The molecular weight excluding hydrogens is 473 g/mol.